The van der Waals surface area contributed by atoms with Gasteiger partial charge in [-0.1, -0.05) is 32.4 Å². The molecule has 26 nitrogen and oxygen atoms in total. The number of pyridine rings is 2. The maximum atomic E-state index is 15.5. The first-order chi connectivity index (χ1) is 41.0. The molecule has 0 bridgehead atoms. The number of rotatable bonds is 26. The number of carbonyl (C=O) groups excluding carboxylic acids is 6. The molecule has 0 unspecified atom stereocenters. The highest BCUT2D eigenvalue weighted by Crippen LogP contribution is 2.46. The predicted octanol–water partition coefficient (Wildman–Crippen LogP) is 1.59. The zero-order valence-corrected chi connectivity index (χ0v) is 50.1. The molecule has 4 aliphatic rings. The van der Waals surface area contributed by atoms with E-state index in [1.807, 2.05) is 0 Å². The first-order valence-electron chi connectivity index (χ1n) is 29.2. The molecule has 1 saturated heterocycles. The van der Waals surface area contributed by atoms with Gasteiger partial charge in [-0.2, -0.15) is 0 Å². The second-order valence-electron chi connectivity index (χ2n) is 23.0. The first kappa shape index (κ1) is 62.9. The van der Waals surface area contributed by atoms with E-state index in [0.29, 0.717) is 95.3 Å². The van der Waals surface area contributed by atoms with Crippen LogP contribution in [0.15, 0.2) is 40.7 Å². The van der Waals surface area contributed by atoms with Crippen molar-refractivity contribution in [2.75, 3.05) is 65.9 Å². The van der Waals surface area contributed by atoms with Crippen LogP contribution in [0, 0.1) is 18.7 Å². The molecule has 5 aromatic rings. The Balaban J connectivity index is 0.761. The van der Waals surface area contributed by atoms with E-state index in [0.717, 1.165) is 51.0 Å². The minimum Gasteiger partial charge on any atom is -0.458 e. The lowest BCUT2D eigenvalue weighted by atomic mass is 9.81. The van der Waals surface area contributed by atoms with E-state index in [4.69, 9.17) is 14.5 Å². The smallest absolute Gasteiger partial charge is 0.343 e. The molecule has 28 heteroatoms. The highest BCUT2D eigenvalue weighted by molar-refractivity contribution is 7.90. The Labute approximate surface area is 496 Å². The van der Waals surface area contributed by atoms with Crippen LogP contribution in [0.2, 0.25) is 0 Å². The maximum Gasteiger partial charge on any atom is 0.343 e. The number of sulfone groups is 1. The number of aromatic nitrogens is 7. The molecule has 4 atom stereocenters. The number of aryl methyl sites for hydroxylation is 2. The van der Waals surface area contributed by atoms with E-state index in [2.05, 4.69) is 63.7 Å². The number of unbranched alkanes of at least 4 members (excludes halogenated alkanes) is 3. The summed E-state index contributed by atoms with van der Waals surface area (Å²) in [7, 11) is -1.47. The number of piperazine rings is 1. The number of hydrogen-bond donors (Lipinski definition) is 6. The van der Waals surface area contributed by atoms with Gasteiger partial charge in [0.2, 0.25) is 44.5 Å². The van der Waals surface area contributed by atoms with Crippen molar-refractivity contribution in [1.29, 1.82) is 0 Å². The van der Waals surface area contributed by atoms with Crippen LogP contribution in [0.25, 0.3) is 33.5 Å². The average Bonchev–Trinajstić information content (AvgIpc) is 1.65. The molecule has 0 spiro atoms. The molecule has 3 aliphatic heterocycles. The number of carbonyl (C=O) groups is 6. The normalized spacial score (nSPS) is 18.2. The van der Waals surface area contributed by atoms with E-state index in [1.165, 1.54) is 23.0 Å². The summed E-state index contributed by atoms with van der Waals surface area (Å²) >= 11 is 0. The summed E-state index contributed by atoms with van der Waals surface area (Å²) in [6.45, 7) is 10.4. The van der Waals surface area contributed by atoms with Gasteiger partial charge < -0.3 is 55.5 Å². The first-order valence-corrected chi connectivity index (χ1v) is 31.1. The van der Waals surface area contributed by atoms with Crippen LogP contribution in [0.1, 0.15) is 118 Å². The number of cyclic esters (lactones) is 1. The second kappa shape index (κ2) is 26.9. The topological polar surface area (TPSA) is 333 Å². The Morgan fingerprint density at radius 1 is 0.919 bits per heavy atom. The molecule has 1 fully saturated rings. The van der Waals surface area contributed by atoms with Gasteiger partial charge in [-0.25, -0.2) is 32.6 Å². The Morgan fingerprint density at radius 3 is 2.38 bits per heavy atom. The maximum absolute atomic E-state index is 15.5. The van der Waals surface area contributed by atoms with Gasteiger partial charge >= 0.3 is 5.97 Å². The number of likely N-dealkylation sites (N-methyl/N-ethyl adjacent to an activating group) is 1. The van der Waals surface area contributed by atoms with Gasteiger partial charge in [0.15, 0.2) is 5.60 Å². The largest absolute Gasteiger partial charge is 0.458 e. The Bertz CT molecular complexity index is 3590. The summed E-state index contributed by atoms with van der Waals surface area (Å²) < 4.78 is 52.8. The number of benzene rings is 1. The van der Waals surface area contributed by atoms with Crippen LogP contribution in [0.3, 0.4) is 0 Å². The van der Waals surface area contributed by atoms with Gasteiger partial charge in [0, 0.05) is 85.9 Å². The van der Waals surface area contributed by atoms with Crippen molar-refractivity contribution in [3.05, 3.63) is 80.3 Å². The molecule has 6 N–H and O–H groups in total. The van der Waals surface area contributed by atoms with E-state index in [1.54, 1.807) is 44.6 Å². The van der Waals surface area contributed by atoms with Crippen LogP contribution in [0.4, 0.5) is 4.39 Å². The lowest BCUT2D eigenvalue weighted by Crippen LogP contribution is -2.56. The molecule has 4 aromatic heterocycles. The van der Waals surface area contributed by atoms with Crippen LogP contribution < -0.4 is 32.1 Å². The van der Waals surface area contributed by atoms with Crippen molar-refractivity contribution in [2.45, 2.75) is 140 Å². The number of amides is 5. The van der Waals surface area contributed by atoms with Crippen molar-refractivity contribution in [1.82, 2.24) is 70.9 Å². The highest BCUT2D eigenvalue weighted by Gasteiger charge is 2.46. The molecule has 462 valence electrons. The molecule has 1 aromatic carbocycles. The van der Waals surface area contributed by atoms with Gasteiger partial charge in [-0.05, 0) is 101 Å². The number of aliphatic hydroxyl groups is 1. The predicted molar refractivity (Wildman–Crippen MR) is 310 cm³/mol. The number of esters is 1. The van der Waals surface area contributed by atoms with E-state index < -0.39 is 94.4 Å². The summed E-state index contributed by atoms with van der Waals surface area (Å²) in [5.74, 6) is -4.28. The summed E-state index contributed by atoms with van der Waals surface area (Å²) in [6.07, 6.45) is 9.83. The number of ether oxygens (including phenoxy) is 2. The number of nitrogens with one attached hydrogen (secondary N) is 5. The molecule has 86 heavy (non-hydrogen) atoms. The van der Waals surface area contributed by atoms with Crippen molar-refractivity contribution < 1.29 is 56.2 Å². The highest BCUT2D eigenvalue weighted by atomic mass is 32.2. The van der Waals surface area contributed by atoms with Crippen molar-refractivity contribution in [3.63, 3.8) is 0 Å². The molecule has 1 aliphatic carbocycles. The van der Waals surface area contributed by atoms with E-state index in [-0.39, 0.29) is 60.5 Å². The van der Waals surface area contributed by atoms with Crippen LogP contribution in [-0.2, 0) is 79.8 Å². The molecule has 0 radical (unpaired) electrons. The second-order valence-corrected chi connectivity index (χ2v) is 24.9. The zero-order valence-electron chi connectivity index (χ0n) is 49.3. The number of nitrogens with zero attached hydrogens (tertiary/aromatic N) is 9. The number of halogens is 1. The van der Waals surface area contributed by atoms with Crippen molar-refractivity contribution >= 4 is 56.2 Å². The van der Waals surface area contributed by atoms with Crippen LogP contribution >= 0.6 is 0 Å². The lowest BCUT2D eigenvalue weighted by molar-refractivity contribution is -0.172. The zero-order chi connectivity index (χ0) is 61.6. The summed E-state index contributed by atoms with van der Waals surface area (Å²) in [5, 5.41) is 33.9. The average molecular weight is 1210 g/mol. The Hall–Kier alpha value is -7.66. The van der Waals surface area contributed by atoms with Gasteiger partial charge in [0.1, 0.15) is 43.5 Å². The fourth-order valence-electron chi connectivity index (χ4n) is 11.5. The van der Waals surface area contributed by atoms with Crippen LogP contribution in [0.5, 0.6) is 0 Å². The molecule has 0 saturated carbocycles. The monoisotopic (exact) mass is 1210 g/mol. The summed E-state index contributed by atoms with van der Waals surface area (Å²) in [6, 6.07) is 0.294. The van der Waals surface area contributed by atoms with Crippen molar-refractivity contribution in [2.24, 2.45) is 5.92 Å². The van der Waals surface area contributed by atoms with E-state index in [9.17, 15) is 47.1 Å². The van der Waals surface area contributed by atoms with Gasteiger partial charge in [-0.3, -0.25) is 33.4 Å². The van der Waals surface area contributed by atoms with Crippen LogP contribution in [-0.4, -0.2) is 171 Å². The van der Waals surface area contributed by atoms with Gasteiger partial charge in [0.05, 0.1) is 47.8 Å². The standard InChI is InChI=1S/C58H75FN14O12S/c1-7-58(81)39-23-45-52-37(28-73(45)55(79)38(39)30-85-56(58)80)50-41(16-15-36-34(4)40(59)24-43(65-52)49(36)50)64-48(76)31-84-32-63-47(75)27-60-53(77)42(13-10-12-17-71-21-19-70(5)20-22-71)66-54(78)51(33(2)3)67-46(74)14-9-8-11-18-72-29-44(68-69-72)35-25-61-57(62-26-35)86(6,82)83/h23-26,29,33,41-42,51,81H,7-22,27-28,30-32H2,1-6H3,(H,60,77)(H,63,75)(H,64,76)(H,66,78)(H,67,74)/t41-,42-,51-,58-/m0/s1. The summed E-state index contributed by atoms with van der Waals surface area (Å²) in [4.78, 5) is 112. The number of hydrogen-bond acceptors (Lipinski definition) is 19. The fraction of sp³-hybridized carbons (Fsp3) is 0.552. The molecular formula is C58H75FN14O12S. The Kier molecular flexibility index (Phi) is 19.7. The quantitative estimate of drug-likeness (QED) is 0.0194. The molecule has 9 rings (SSSR count). The van der Waals surface area contributed by atoms with E-state index >= 15 is 4.39 Å². The minimum atomic E-state index is -3.55. The summed E-state index contributed by atoms with van der Waals surface area (Å²) in [5.41, 5.74) is 2.25. The third kappa shape index (κ3) is 14.1. The SMILES string of the molecule is CC[C@@]1(O)C(=O)OCc2c1cc1n(c2=O)Cc2c-1nc1cc(F)c(C)c3c1c2[C@@H](NC(=O)COCNC(=O)CNC(=O)[C@H](CCCCN1CCN(C)CC1)NC(=O)[C@@H](NC(=O)CCCCCn1cc(-c2cnc(S(C)(=O)=O)nc2)nn1)C(C)C)CC3. The molecular weight excluding hydrogens is 1140 g/mol. The minimum absolute atomic E-state index is 0.0450. The Morgan fingerprint density at radius 2 is 1.66 bits per heavy atom. The number of fused-ring (bicyclic) bond motifs is 5. The third-order valence-electron chi connectivity index (χ3n) is 16.5. The molecule has 7 heterocycles. The lowest BCUT2D eigenvalue weighted by Gasteiger charge is -2.32. The van der Waals surface area contributed by atoms with Gasteiger partial charge in [0.25, 0.3) is 5.56 Å². The fourth-order valence-corrected chi connectivity index (χ4v) is 12.0. The third-order valence-corrected chi connectivity index (χ3v) is 17.4. The molecule has 5 amide bonds. The van der Waals surface area contributed by atoms with Crippen molar-refractivity contribution in [3.8, 4) is 22.6 Å². The van der Waals surface area contributed by atoms with Gasteiger partial charge in [-0.15, -0.1) is 5.10 Å².